The zero-order valence-corrected chi connectivity index (χ0v) is 37.2. The van der Waals surface area contributed by atoms with Gasteiger partial charge in [0.25, 0.3) is 0 Å². The van der Waals surface area contributed by atoms with Crippen LogP contribution >= 0.6 is 0 Å². The Morgan fingerprint density at radius 3 is 1.33 bits per heavy atom. The van der Waals surface area contributed by atoms with Crippen molar-refractivity contribution in [2.75, 3.05) is 0 Å². The summed E-state index contributed by atoms with van der Waals surface area (Å²) in [6.45, 7) is 9.39. The standard InChI is InChI=1S/C61H56N2/c1-5-31-60(32-6-2)53-20-11-9-18-47(53)49-27-23-43(39-55(49)60)41-25-29-58-51(37-41)52-38-42(26-30-59(52)63(58)46-17-15-16-45(36-46)57-22-13-14-35-62-57)44-24-28-50-48-19-10-12-21-54(48)61(33-7-3,34-8-4)56(50)40-44/h9-30,35-40H,5-8,31-34H2,1-4H3. The maximum atomic E-state index is 4.72. The largest absolute Gasteiger partial charge is 0.309 e. The number of benzene rings is 7. The number of hydrogen-bond acceptors (Lipinski definition) is 1. The highest BCUT2D eigenvalue weighted by Gasteiger charge is 2.43. The highest BCUT2D eigenvalue weighted by atomic mass is 15.0. The quantitative estimate of drug-likeness (QED) is 0.120. The van der Waals surface area contributed by atoms with Gasteiger partial charge in [0, 0.05) is 39.1 Å². The second kappa shape index (κ2) is 15.7. The fourth-order valence-corrected chi connectivity index (χ4v) is 12.3. The molecule has 0 fully saturated rings. The van der Waals surface area contributed by atoms with Crippen LogP contribution < -0.4 is 0 Å². The number of hydrogen-bond donors (Lipinski definition) is 0. The summed E-state index contributed by atoms with van der Waals surface area (Å²) in [5.74, 6) is 0. The average molecular weight is 817 g/mol. The lowest BCUT2D eigenvalue weighted by Crippen LogP contribution is -2.25. The van der Waals surface area contributed by atoms with Crippen LogP contribution in [0.5, 0.6) is 0 Å². The van der Waals surface area contributed by atoms with Crippen LogP contribution in [0.1, 0.15) is 101 Å². The minimum absolute atomic E-state index is 0.0438. The van der Waals surface area contributed by atoms with Gasteiger partial charge in [-0.3, -0.25) is 4.98 Å². The van der Waals surface area contributed by atoms with Gasteiger partial charge in [-0.15, -0.1) is 0 Å². The van der Waals surface area contributed by atoms with E-state index in [0.29, 0.717) is 0 Å². The van der Waals surface area contributed by atoms with Gasteiger partial charge in [-0.25, -0.2) is 0 Å². The van der Waals surface area contributed by atoms with Crippen molar-refractivity contribution in [3.05, 3.63) is 192 Å². The van der Waals surface area contributed by atoms with Crippen molar-refractivity contribution in [1.82, 2.24) is 9.55 Å². The van der Waals surface area contributed by atoms with Gasteiger partial charge in [0.15, 0.2) is 0 Å². The molecule has 63 heavy (non-hydrogen) atoms. The summed E-state index contributed by atoms with van der Waals surface area (Å²) in [6.07, 6.45) is 11.1. The molecule has 2 aliphatic rings. The van der Waals surface area contributed by atoms with E-state index in [1.54, 1.807) is 0 Å². The van der Waals surface area contributed by atoms with Crippen LogP contribution in [0.3, 0.4) is 0 Å². The highest BCUT2D eigenvalue weighted by molar-refractivity contribution is 6.12. The molecule has 2 aliphatic carbocycles. The maximum absolute atomic E-state index is 4.72. The van der Waals surface area contributed by atoms with Crippen molar-refractivity contribution < 1.29 is 0 Å². The number of fused-ring (bicyclic) bond motifs is 9. The Labute approximate surface area is 373 Å². The molecule has 7 aromatic carbocycles. The predicted molar refractivity (Wildman–Crippen MR) is 267 cm³/mol. The van der Waals surface area contributed by atoms with Crippen molar-refractivity contribution >= 4 is 21.8 Å². The molecule has 9 aromatic rings. The van der Waals surface area contributed by atoms with Gasteiger partial charge < -0.3 is 4.57 Å². The number of nitrogens with zero attached hydrogens (tertiary/aromatic N) is 2. The van der Waals surface area contributed by atoms with Crippen LogP contribution in [-0.2, 0) is 10.8 Å². The predicted octanol–water partition coefficient (Wildman–Crippen LogP) is 16.9. The Balaban J connectivity index is 1.10. The van der Waals surface area contributed by atoms with E-state index in [4.69, 9.17) is 4.98 Å². The Hall–Kier alpha value is -6.51. The Bertz CT molecular complexity index is 3000. The first-order valence-corrected chi connectivity index (χ1v) is 23.6. The molecule has 0 N–H and O–H groups in total. The molecule has 0 aliphatic heterocycles. The van der Waals surface area contributed by atoms with E-state index in [1.807, 2.05) is 12.3 Å². The molecule has 310 valence electrons. The first kappa shape index (κ1) is 39.3. The molecule has 2 nitrogen and oxygen atoms in total. The van der Waals surface area contributed by atoms with Gasteiger partial charge in [-0.2, -0.15) is 0 Å². The molecule has 0 saturated heterocycles. The molecule has 0 bridgehead atoms. The van der Waals surface area contributed by atoms with Gasteiger partial charge in [0.05, 0.1) is 16.7 Å². The van der Waals surface area contributed by atoms with Gasteiger partial charge in [0.1, 0.15) is 0 Å². The minimum atomic E-state index is 0.0438. The summed E-state index contributed by atoms with van der Waals surface area (Å²) in [5, 5.41) is 2.54. The number of rotatable bonds is 12. The van der Waals surface area contributed by atoms with Crippen molar-refractivity contribution in [2.45, 2.75) is 89.9 Å². The Morgan fingerprint density at radius 2 is 0.841 bits per heavy atom. The lowest BCUT2D eigenvalue weighted by molar-refractivity contribution is 0.436. The summed E-state index contributed by atoms with van der Waals surface area (Å²) < 4.78 is 2.46. The van der Waals surface area contributed by atoms with Crippen LogP contribution in [0.15, 0.2) is 170 Å². The fourth-order valence-electron chi connectivity index (χ4n) is 12.3. The van der Waals surface area contributed by atoms with Crippen LogP contribution in [0.25, 0.3) is 83.3 Å². The monoisotopic (exact) mass is 816 g/mol. The van der Waals surface area contributed by atoms with E-state index in [2.05, 4.69) is 190 Å². The minimum Gasteiger partial charge on any atom is -0.309 e. The zero-order chi connectivity index (χ0) is 42.7. The summed E-state index contributed by atoms with van der Waals surface area (Å²) in [4.78, 5) is 4.72. The van der Waals surface area contributed by atoms with E-state index >= 15 is 0 Å². The Morgan fingerprint density at radius 1 is 0.381 bits per heavy atom. The van der Waals surface area contributed by atoms with E-state index in [0.717, 1.165) is 68.3 Å². The molecule has 0 unspecified atom stereocenters. The van der Waals surface area contributed by atoms with Crippen LogP contribution in [-0.4, -0.2) is 9.55 Å². The van der Waals surface area contributed by atoms with Crippen LogP contribution in [0.4, 0.5) is 0 Å². The first-order chi connectivity index (χ1) is 31.0. The lowest BCUT2D eigenvalue weighted by atomic mass is 9.71. The van der Waals surface area contributed by atoms with E-state index in [9.17, 15) is 0 Å². The van der Waals surface area contributed by atoms with Gasteiger partial charge in [0.2, 0.25) is 0 Å². The molecule has 2 heterocycles. The van der Waals surface area contributed by atoms with Crippen LogP contribution in [0, 0.1) is 0 Å². The summed E-state index contributed by atoms with van der Waals surface area (Å²) >= 11 is 0. The first-order valence-electron chi connectivity index (χ1n) is 23.6. The summed E-state index contributed by atoms with van der Waals surface area (Å²) in [7, 11) is 0. The second-order valence-corrected chi connectivity index (χ2v) is 18.3. The number of aromatic nitrogens is 2. The van der Waals surface area contributed by atoms with Crippen LogP contribution in [0.2, 0.25) is 0 Å². The maximum Gasteiger partial charge on any atom is 0.0702 e. The summed E-state index contributed by atoms with van der Waals surface area (Å²) in [5.41, 5.74) is 22.5. The molecule has 2 aromatic heterocycles. The third kappa shape index (κ3) is 6.09. The highest BCUT2D eigenvalue weighted by Crippen LogP contribution is 2.56. The van der Waals surface area contributed by atoms with Gasteiger partial charge in [-0.05, 0) is 153 Å². The second-order valence-electron chi connectivity index (χ2n) is 18.3. The molecule has 0 atom stereocenters. The SMILES string of the molecule is CCCC1(CCC)c2ccccc2-c2ccc(-c3ccc4c(c3)c3cc(-c5ccc6c(c5)C(CCC)(CCC)c5ccccc5-6)ccc3n4-c3cccc(-c4ccccn4)c3)cc21. The topological polar surface area (TPSA) is 17.8 Å². The van der Waals surface area contributed by atoms with Crippen molar-refractivity contribution in [3.63, 3.8) is 0 Å². The smallest absolute Gasteiger partial charge is 0.0702 e. The van der Waals surface area contributed by atoms with Crippen molar-refractivity contribution in [1.29, 1.82) is 0 Å². The lowest BCUT2D eigenvalue weighted by Gasteiger charge is -2.32. The van der Waals surface area contributed by atoms with E-state index in [1.165, 1.54) is 88.6 Å². The molecular weight excluding hydrogens is 761 g/mol. The molecule has 2 heteroatoms. The molecule has 0 amide bonds. The number of pyridine rings is 1. The fraction of sp³-hybridized carbons (Fsp3) is 0.230. The third-order valence-corrected chi connectivity index (χ3v) is 14.7. The molecule has 11 rings (SSSR count). The van der Waals surface area contributed by atoms with Gasteiger partial charge in [-0.1, -0.05) is 157 Å². The van der Waals surface area contributed by atoms with E-state index < -0.39 is 0 Å². The molecule has 0 saturated carbocycles. The van der Waals surface area contributed by atoms with Gasteiger partial charge >= 0.3 is 0 Å². The summed E-state index contributed by atoms with van der Waals surface area (Å²) in [6, 6.07) is 62.4. The molecule has 0 spiro atoms. The Kier molecular flexibility index (Phi) is 9.80. The van der Waals surface area contributed by atoms with E-state index in [-0.39, 0.29) is 10.8 Å². The molecular formula is C61H56N2. The van der Waals surface area contributed by atoms with Crippen molar-refractivity contribution in [3.8, 4) is 61.5 Å². The zero-order valence-electron chi connectivity index (χ0n) is 37.2. The molecule has 0 radical (unpaired) electrons. The normalized spacial score (nSPS) is 14.2. The third-order valence-electron chi connectivity index (χ3n) is 14.7. The average Bonchev–Trinajstić information content (AvgIpc) is 3.90. The van der Waals surface area contributed by atoms with Crippen molar-refractivity contribution in [2.24, 2.45) is 0 Å².